The van der Waals surface area contributed by atoms with Crippen molar-refractivity contribution in [3.63, 3.8) is 0 Å². The molecule has 1 unspecified atom stereocenters. The predicted octanol–water partition coefficient (Wildman–Crippen LogP) is 1.42. The van der Waals surface area contributed by atoms with Gasteiger partial charge in [-0.15, -0.1) is 0 Å². The molecule has 0 aromatic heterocycles. The van der Waals surface area contributed by atoms with Crippen LogP contribution in [0.1, 0.15) is 26.2 Å². The zero-order chi connectivity index (χ0) is 9.03. The summed E-state index contributed by atoms with van der Waals surface area (Å²) in [5.41, 5.74) is 0. The molecule has 4 heteroatoms. The molecule has 1 aliphatic heterocycles. The van der Waals surface area contributed by atoms with E-state index in [1.54, 1.807) is 11.2 Å². The third kappa shape index (κ3) is 1.98. The molecule has 2 nitrogen and oxygen atoms in total. The Kier molecular flexibility index (Phi) is 3.53. The zero-order valence-electron chi connectivity index (χ0n) is 7.46. The molecule has 12 heavy (non-hydrogen) atoms. The maximum Gasteiger partial charge on any atom is 0.170 e. The Morgan fingerprint density at radius 1 is 1.42 bits per heavy atom. The summed E-state index contributed by atoms with van der Waals surface area (Å²) in [6.07, 6.45) is 3.28. The number of piperidine rings is 1. The summed E-state index contributed by atoms with van der Waals surface area (Å²) in [6.45, 7) is 3.25. The highest BCUT2D eigenvalue weighted by Crippen LogP contribution is 2.13. The summed E-state index contributed by atoms with van der Waals surface area (Å²) >= 11 is 0. The molecule has 0 aliphatic carbocycles. The average molecular weight is 193 g/mol. The van der Waals surface area contributed by atoms with Crippen molar-refractivity contribution in [2.45, 2.75) is 26.2 Å². The van der Waals surface area contributed by atoms with E-state index in [2.05, 4.69) is 0 Å². The minimum atomic E-state index is -2.42. The van der Waals surface area contributed by atoms with E-state index in [0.29, 0.717) is 0 Å². The molecule has 0 radical (unpaired) electrons. The van der Waals surface area contributed by atoms with Gasteiger partial charge in [-0.25, -0.2) is 12.9 Å². The molecule has 0 aromatic carbocycles. The summed E-state index contributed by atoms with van der Waals surface area (Å²) in [4.78, 5) is 0. The number of nitrogens with zero attached hydrogens (tertiary/aromatic N) is 1. The van der Waals surface area contributed by atoms with Gasteiger partial charge in [-0.1, -0.05) is 6.42 Å². The maximum absolute atomic E-state index is 12.5. The zero-order valence-corrected chi connectivity index (χ0v) is 8.28. The van der Waals surface area contributed by atoms with Gasteiger partial charge in [0.2, 0.25) is 0 Å². The average Bonchev–Trinajstić information content (AvgIpc) is 2.18. The molecule has 0 N–H and O–H groups in total. The van der Waals surface area contributed by atoms with Crippen LogP contribution < -0.4 is 0 Å². The van der Waals surface area contributed by atoms with Gasteiger partial charge in [0.25, 0.3) is 0 Å². The molecule has 1 saturated heterocycles. The first-order valence-corrected chi connectivity index (χ1v) is 6.10. The van der Waals surface area contributed by atoms with Crippen molar-refractivity contribution in [3.05, 3.63) is 0 Å². The molecule has 0 saturated carbocycles. The fourth-order valence-electron chi connectivity index (χ4n) is 1.46. The van der Waals surface area contributed by atoms with E-state index in [9.17, 15) is 8.60 Å². The van der Waals surface area contributed by atoms with Gasteiger partial charge in [0.15, 0.2) is 6.01 Å². The summed E-state index contributed by atoms with van der Waals surface area (Å²) < 4.78 is 26.0. The Hall–Kier alpha value is -0.0900. The summed E-state index contributed by atoms with van der Waals surface area (Å²) in [5.74, 6) is 0. The first kappa shape index (κ1) is 9.99. The van der Waals surface area contributed by atoms with Crippen molar-refractivity contribution in [1.29, 1.82) is 0 Å². The van der Waals surface area contributed by atoms with Gasteiger partial charge in [0.05, 0.1) is 9.71 Å². The fourth-order valence-corrected chi connectivity index (χ4v) is 2.89. The van der Waals surface area contributed by atoms with Crippen molar-refractivity contribution in [3.8, 4) is 0 Å². The maximum atomic E-state index is 12.5. The van der Waals surface area contributed by atoms with Crippen molar-refractivity contribution in [1.82, 2.24) is 4.31 Å². The number of hydrogen-bond acceptors (Lipinski definition) is 1. The van der Waals surface area contributed by atoms with Gasteiger partial charge in [-0.05, 0) is 25.1 Å². The smallest absolute Gasteiger partial charge is 0.170 e. The molecule has 1 aliphatic rings. The minimum absolute atomic E-state index is 0.733. The van der Waals surface area contributed by atoms with E-state index in [4.69, 9.17) is 0 Å². The van der Waals surface area contributed by atoms with Crippen LogP contribution in [-0.2, 0) is 9.71 Å². The lowest BCUT2D eigenvalue weighted by Crippen LogP contribution is -2.37. The molecule has 1 atom stereocenters. The van der Waals surface area contributed by atoms with Gasteiger partial charge in [0.1, 0.15) is 0 Å². The first-order chi connectivity index (χ1) is 5.73. The molecular weight excluding hydrogens is 177 g/mol. The van der Waals surface area contributed by atoms with Gasteiger partial charge in [-0.3, -0.25) is 0 Å². The summed E-state index contributed by atoms with van der Waals surface area (Å²) in [6, 6.07) is -0.733. The normalized spacial score (nSPS) is 24.8. The van der Waals surface area contributed by atoms with Crippen LogP contribution in [0.3, 0.4) is 0 Å². The second-order valence-electron chi connectivity index (χ2n) is 3.02. The van der Waals surface area contributed by atoms with Crippen molar-refractivity contribution >= 4 is 15.1 Å². The number of alkyl halides is 1. The first-order valence-electron chi connectivity index (χ1n) is 4.35. The van der Waals surface area contributed by atoms with Gasteiger partial charge in [-0.2, -0.15) is 0 Å². The molecule has 0 bridgehead atoms. The highest BCUT2D eigenvalue weighted by Gasteiger charge is 2.19. The van der Waals surface area contributed by atoms with Gasteiger partial charge in [0, 0.05) is 13.1 Å². The molecule has 0 aromatic rings. The molecular formula is C8H16FNOS. The van der Waals surface area contributed by atoms with Crippen molar-refractivity contribution < 1.29 is 8.60 Å². The molecule has 1 rings (SSSR count). The van der Waals surface area contributed by atoms with Crippen LogP contribution in [0.4, 0.5) is 4.39 Å². The van der Waals surface area contributed by atoms with Crippen molar-refractivity contribution in [2.75, 3.05) is 19.1 Å². The minimum Gasteiger partial charge on any atom is -0.250 e. The molecule has 1 fully saturated rings. The van der Waals surface area contributed by atoms with Crippen LogP contribution in [0.15, 0.2) is 0 Å². The van der Waals surface area contributed by atoms with E-state index < -0.39 is 15.7 Å². The third-order valence-electron chi connectivity index (χ3n) is 2.28. The van der Waals surface area contributed by atoms with E-state index in [1.807, 2.05) is 0 Å². The Labute approximate surface area is 73.9 Å². The van der Waals surface area contributed by atoms with E-state index in [0.717, 1.165) is 25.9 Å². The lowest BCUT2D eigenvalue weighted by atomic mass is 10.2. The molecule has 1 heterocycles. The van der Waals surface area contributed by atoms with Crippen LogP contribution in [0.2, 0.25) is 0 Å². The Bertz CT molecular complexity index is 239. The Balaban J connectivity index is 2.72. The second-order valence-corrected chi connectivity index (χ2v) is 5.61. The summed E-state index contributed by atoms with van der Waals surface area (Å²) in [5, 5.41) is 1.51. The highest BCUT2D eigenvalue weighted by atomic mass is 32.2. The van der Waals surface area contributed by atoms with Crippen molar-refractivity contribution in [2.24, 2.45) is 0 Å². The van der Waals surface area contributed by atoms with E-state index in [-0.39, 0.29) is 0 Å². The quantitative estimate of drug-likeness (QED) is 0.607. The largest absolute Gasteiger partial charge is 0.250 e. The van der Waals surface area contributed by atoms with Crippen LogP contribution in [-0.4, -0.2) is 33.0 Å². The predicted molar refractivity (Wildman–Crippen MR) is 51.3 cm³/mol. The third-order valence-corrected chi connectivity index (χ3v) is 4.57. The van der Waals surface area contributed by atoms with Crippen LogP contribution in [0, 0.1) is 0 Å². The second kappa shape index (κ2) is 4.23. The van der Waals surface area contributed by atoms with E-state index in [1.165, 1.54) is 11.8 Å². The lowest BCUT2D eigenvalue weighted by Gasteiger charge is -2.28. The number of hydrogen-bond donors (Lipinski definition) is 0. The molecule has 0 amide bonds. The monoisotopic (exact) mass is 193 g/mol. The Morgan fingerprint density at radius 3 is 2.42 bits per heavy atom. The fraction of sp³-hybridized carbons (Fsp3) is 0.875. The lowest BCUT2D eigenvalue weighted by molar-refractivity contribution is 0.358. The molecule has 72 valence electrons. The standard InChI is InChI=1S/C8H16FNOS/c1-2-12(11,8-9)10-6-4-3-5-7-10/h2H,3-8H2,1H3. The van der Waals surface area contributed by atoms with E-state index >= 15 is 0 Å². The Morgan fingerprint density at radius 2 is 2.00 bits per heavy atom. The number of halogens is 1. The summed E-state index contributed by atoms with van der Waals surface area (Å²) in [7, 11) is -2.42. The topological polar surface area (TPSA) is 20.3 Å². The molecule has 0 spiro atoms. The van der Waals surface area contributed by atoms with Gasteiger partial charge >= 0.3 is 0 Å². The van der Waals surface area contributed by atoms with Crippen LogP contribution in [0.5, 0.6) is 0 Å². The van der Waals surface area contributed by atoms with Crippen LogP contribution >= 0.6 is 0 Å². The van der Waals surface area contributed by atoms with Gasteiger partial charge < -0.3 is 0 Å². The SMILES string of the molecule is CC=S(=O)(CF)N1CCCCC1. The van der Waals surface area contributed by atoms with Crippen LogP contribution in [0.25, 0.3) is 0 Å². The number of rotatable bonds is 2. The highest BCUT2D eigenvalue weighted by molar-refractivity contribution is 7.98.